The number of thiocarbonyl (C=S) groups is 1. The van der Waals surface area contributed by atoms with Crippen molar-refractivity contribution in [3.8, 4) is 11.5 Å². The summed E-state index contributed by atoms with van der Waals surface area (Å²) in [6.07, 6.45) is 0.845. The second kappa shape index (κ2) is 5.02. The first-order valence-electron chi connectivity index (χ1n) is 7.02. The summed E-state index contributed by atoms with van der Waals surface area (Å²) in [6, 6.07) is 4.37. The van der Waals surface area contributed by atoms with Crippen molar-refractivity contribution in [1.29, 1.82) is 0 Å². The molecule has 0 amide bonds. The zero-order chi connectivity index (χ0) is 15.4. The Morgan fingerprint density at radius 3 is 2.86 bits per heavy atom. The van der Waals surface area contributed by atoms with Gasteiger partial charge >= 0.3 is 0 Å². The lowest BCUT2D eigenvalue weighted by Crippen LogP contribution is -2.66. The first kappa shape index (κ1) is 14.9. The summed E-state index contributed by atoms with van der Waals surface area (Å²) in [7, 11) is 1.67. The molecular formula is C15H19BrN2O2S. The highest BCUT2D eigenvalue weighted by Gasteiger charge is 2.49. The minimum absolute atomic E-state index is 0.146. The molecule has 114 valence electrons. The number of halogens is 1. The Hall–Kier alpha value is -1.01. The van der Waals surface area contributed by atoms with Gasteiger partial charge in [0.15, 0.2) is 10.8 Å². The number of fused-ring (bicyclic) bond motifs is 4. The van der Waals surface area contributed by atoms with Crippen molar-refractivity contribution in [2.24, 2.45) is 0 Å². The molecule has 3 rings (SSSR count). The van der Waals surface area contributed by atoms with Gasteiger partial charge in [-0.25, -0.2) is 0 Å². The van der Waals surface area contributed by atoms with Crippen LogP contribution in [0.1, 0.15) is 38.8 Å². The molecule has 2 bridgehead atoms. The minimum Gasteiger partial charge on any atom is -0.497 e. The third-order valence-corrected chi connectivity index (χ3v) is 5.01. The molecule has 21 heavy (non-hydrogen) atoms. The fourth-order valence-electron chi connectivity index (χ4n) is 3.31. The summed E-state index contributed by atoms with van der Waals surface area (Å²) >= 11 is 9.14. The molecule has 2 aliphatic heterocycles. The molecule has 0 aromatic heterocycles. The average Bonchev–Trinajstić information content (AvgIpc) is 2.38. The molecule has 1 aromatic carbocycles. The van der Waals surface area contributed by atoms with Gasteiger partial charge in [0.2, 0.25) is 0 Å². The summed E-state index contributed by atoms with van der Waals surface area (Å²) in [5.74, 6) is 1.68. The molecular weight excluding hydrogens is 352 g/mol. The third-order valence-electron chi connectivity index (χ3n) is 4.10. The van der Waals surface area contributed by atoms with Gasteiger partial charge in [-0.3, -0.25) is 0 Å². The Morgan fingerprint density at radius 2 is 2.24 bits per heavy atom. The van der Waals surface area contributed by atoms with Crippen LogP contribution in [0.3, 0.4) is 0 Å². The quantitative estimate of drug-likeness (QED) is 0.804. The number of rotatable bonds is 2. The summed E-state index contributed by atoms with van der Waals surface area (Å²) < 4.78 is 12.6. The van der Waals surface area contributed by atoms with Gasteiger partial charge in [0.1, 0.15) is 11.5 Å². The lowest BCUT2D eigenvalue weighted by atomic mass is 9.90. The summed E-state index contributed by atoms with van der Waals surface area (Å²) in [4.78, 5) is 2.14. The van der Waals surface area contributed by atoms with Crippen LogP contribution in [0, 0.1) is 0 Å². The Balaban J connectivity index is 2.11. The molecule has 2 atom stereocenters. The highest BCUT2D eigenvalue weighted by molar-refractivity contribution is 9.10. The SMILES string of the molecule is COc1cc(Br)c2c(c1)C1CC(C)(O2)N(C(C)C)C(=S)N1. The maximum atomic E-state index is 6.36. The van der Waals surface area contributed by atoms with Crippen LogP contribution < -0.4 is 14.8 Å². The first-order chi connectivity index (χ1) is 9.85. The second-order valence-corrected chi connectivity index (χ2v) is 7.22. The molecule has 1 saturated heterocycles. The van der Waals surface area contributed by atoms with Crippen LogP contribution in [0.5, 0.6) is 11.5 Å². The van der Waals surface area contributed by atoms with Gasteiger partial charge in [-0.05, 0) is 61.1 Å². The first-order valence-corrected chi connectivity index (χ1v) is 8.22. The highest BCUT2D eigenvalue weighted by Crippen LogP contribution is 2.48. The van der Waals surface area contributed by atoms with Crippen LogP contribution in [0.2, 0.25) is 0 Å². The van der Waals surface area contributed by atoms with Crippen molar-refractivity contribution in [3.63, 3.8) is 0 Å². The Bertz CT molecular complexity index is 608. The summed E-state index contributed by atoms with van der Waals surface area (Å²) in [5, 5.41) is 4.18. The van der Waals surface area contributed by atoms with Gasteiger partial charge in [0.05, 0.1) is 17.6 Å². The Labute approximate surface area is 138 Å². The van der Waals surface area contributed by atoms with Crippen LogP contribution in [0.25, 0.3) is 0 Å². The van der Waals surface area contributed by atoms with E-state index in [-0.39, 0.29) is 12.1 Å². The molecule has 0 spiro atoms. The summed E-state index contributed by atoms with van der Waals surface area (Å²) in [6.45, 7) is 6.36. The maximum absolute atomic E-state index is 6.36. The van der Waals surface area contributed by atoms with Crippen LogP contribution in [0.4, 0.5) is 0 Å². The Kier molecular flexibility index (Phi) is 3.56. The highest BCUT2D eigenvalue weighted by atomic mass is 79.9. The van der Waals surface area contributed by atoms with E-state index in [9.17, 15) is 0 Å². The molecule has 2 aliphatic rings. The Morgan fingerprint density at radius 1 is 1.52 bits per heavy atom. The van der Waals surface area contributed by atoms with E-state index in [1.54, 1.807) is 7.11 Å². The lowest BCUT2D eigenvalue weighted by Gasteiger charge is -2.54. The molecule has 0 aliphatic carbocycles. The largest absolute Gasteiger partial charge is 0.497 e. The summed E-state index contributed by atoms with van der Waals surface area (Å²) in [5.41, 5.74) is 0.662. The van der Waals surface area contributed by atoms with E-state index in [0.717, 1.165) is 33.1 Å². The van der Waals surface area contributed by atoms with Gasteiger partial charge in [-0.1, -0.05) is 0 Å². The van der Waals surface area contributed by atoms with Crippen molar-refractivity contribution in [3.05, 3.63) is 22.2 Å². The molecule has 1 fully saturated rings. The van der Waals surface area contributed by atoms with Crippen molar-refractivity contribution < 1.29 is 9.47 Å². The van der Waals surface area contributed by atoms with E-state index in [2.05, 4.69) is 46.9 Å². The van der Waals surface area contributed by atoms with Gasteiger partial charge in [-0.2, -0.15) is 0 Å². The van der Waals surface area contributed by atoms with Gasteiger partial charge in [0.25, 0.3) is 0 Å². The van der Waals surface area contributed by atoms with E-state index < -0.39 is 5.72 Å². The number of ether oxygens (including phenoxy) is 2. The topological polar surface area (TPSA) is 33.7 Å². The fraction of sp³-hybridized carbons (Fsp3) is 0.533. The maximum Gasteiger partial charge on any atom is 0.184 e. The standard InChI is InChI=1S/C15H19BrN2O2S/c1-8(2)18-14(21)17-12-7-15(18,3)20-13-10(12)5-9(19-4)6-11(13)16/h5-6,8,12H,7H2,1-4H3,(H,17,21). The molecule has 4 nitrogen and oxygen atoms in total. The zero-order valence-corrected chi connectivity index (χ0v) is 15.0. The van der Waals surface area contributed by atoms with Gasteiger partial charge < -0.3 is 19.7 Å². The van der Waals surface area contributed by atoms with Crippen molar-refractivity contribution in [2.75, 3.05) is 7.11 Å². The lowest BCUT2D eigenvalue weighted by molar-refractivity contribution is -0.0814. The van der Waals surface area contributed by atoms with E-state index in [1.165, 1.54) is 0 Å². The van der Waals surface area contributed by atoms with E-state index in [0.29, 0.717) is 0 Å². The third kappa shape index (κ3) is 2.28. The number of methoxy groups -OCH3 is 1. The van der Waals surface area contributed by atoms with Crippen LogP contribution in [-0.2, 0) is 0 Å². The van der Waals surface area contributed by atoms with E-state index in [1.807, 2.05) is 12.1 Å². The molecule has 1 N–H and O–H groups in total. The average molecular weight is 371 g/mol. The molecule has 6 heteroatoms. The van der Waals surface area contributed by atoms with Crippen molar-refractivity contribution >= 4 is 33.3 Å². The normalized spacial score (nSPS) is 27.0. The molecule has 2 unspecified atom stereocenters. The number of hydrogen-bond donors (Lipinski definition) is 1. The van der Waals surface area contributed by atoms with Crippen LogP contribution >= 0.6 is 28.1 Å². The smallest absolute Gasteiger partial charge is 0.184 e. The predicted octanol–water partition coefficient (Wildman–Crippen LogP) is 3.60. The molecule has 2 heterocycles. The minimum atomic E-state index is -0.425. The molecule has 1 aromatic rings. The monoisotopic (exact) mass is 370 g/mol. The van der Waals surface area contributed by atoms with Crippen molar-refractivity contribution in [1.82, 2.24) is 10.2 Å². The second-order valence-electron chi connectivity index (χ2n) is 5.97. The van der Waals surface area contributed by atoms with Gasteiger partial charge in [-0.15, -0.1) is 0 Å². The number of benzene rings is 1. The number of nitrogens with zero attached hydrogens (tertiary/aromatic N) is 1. The molecule has 0 saturated carbocycles. The van der Waals surface area contributed by atoms with Crippen LogP contribution in [0.15, 0.2) is 16.6 Å². The zero-order valence-electron chi connectivity index (χ0n) is 12.6. The van der Waals surface area contributed by atoms with Crippen LogP contribution in [-0.4, -0.2) is 28.9 Å². The van der Waals surface area contributed by atoms with E-state index in [4.69, 9.17) is 21.7 Å². The van der Waals surface area contributed by atoms with Gasteiger partial charge in [0, 0.05) is 18.0 Å². The molecule has 0 radical (unpaired) electrons. The van der Waals surface area contributed by atoms with E-state index >= 15 is 0 Å². The number of hydrogen-bond acceptors (Lipinski definition) is 3. The van der Waals surface area contributed by atoms with Crippen molar-refractivity contribution in [2.45, 2.75) is 45.0 Å². The predicted molar refractivity (Wildman–Crippen MR) is 89.8 cm³/mol. The fourth-order valence-corrected chi connectivity index (χ4v) is 4.40. The number of nitrogens with one attached hydrogen (secondary N) is 1.